The minimum absolute atomic E-state index is 0.0953. The van der Waals surface area contributed by atoms with Gasteiger partial charge in [0.1, 0.15) is 5.76 Å². The Bertz CT molecular complexity index is 1210. The minimum Gasteiger partial charge on any atom is -0.454 e. The molecule has 0 aromatic carbocycles. The number of carbonyl (C=O) groups is 1. The molecule has 6 nitrogen and oxygen atoms in total. The summed E-state index contributed by atoms with van der Waals surface area (Å²) in [6.45, 7) is 8.87. The van der Waals surface area contributed by atoms with Crippen LogP contribution in [0.25, 0.3) is 16.5 Å². The third-order valence-electron chi connectivity index (χ3n) is 5.84. The quantitative estimate of drug-likeness (QED) is 0.810. The monoisotopic (exact) mass is 414 g/mol. The molecule has 1 fully saturated rings. The van der Waals surface area contributed by atoms with E-state index in [0.29, 0.717) is 11.8 Å². The van der Waals surface area contributed by atoms with Gasteiger partial charge in [0.2, 0.25) is 0 Å². The molecule has 2 aromatic rings. The van der Waals surface area contributed by atoms with Crippen molar-refractivity contribution in [1.29, 1.82) is 0 Å². The van der Waals surface area contributed by atoms with Gasteiger partial charge in [-0.2, -0.15) is 0 Å². The van der Waals surface area contributed by atoms with Gasteiger partial charge in [-0.1, -0.05) is 12.2 Å². The number of aromatic nitrogens is 1. The first-order chi connectivity index (χ1) is 15.0. The van der Waals surface area contributed by atoms with Gasteiger partial charge in [0.15, 0.2) is 5.58 Å². The van der Waals surface area contributed by atoms with E-state index in [1.165, 1.54) is 0 Å². The van der Waals surface area contributed by atoms with E-state index in [4.69, 9.17) is 4.42 Å². The molecule has 0 spiro atoms. The lowest BCUT2D eigenvalue weighted by Crippen LogP contribution is -2.48. The smallest absolute Gasteiger partial charge is 0.255 e. The van der Waals surface area contributed by atoms with Gasteiger partial charge in [-0.15, -0.1) is 0 Å². The molecule has 1 N–H and O–H groups in total. The normalized spacial score (nSPS) is 23.1. The van der Waals surface area contributed by atoms with Crippen molar-refractivity contribution in [2.75, 3.05) is 19.6 Å². The van der Waals surface area contributed by atoms with Crippen molar-refractivity contribution in [3.63, 3.8) is 0 Å². The summed E-state index contributed by atoms with van der Waals surface area (Å²) in [7, 11) is 0. The van der Waals surface area contributed by atoms with Crippen molar-refractivity contribution in [2.45, 2.75) is 26.8 Å². The summed E-state index contributed by atoms with van der Waals surface area (Å²) in [6.07, 6.45) is 13.5. The number of piperazine rings is 1. The van der Waals surface area contributed by atoms with E-state index in [1.54, 1.807) is 11.0 Å². The summed E-state index contributed by atoms with van der Waals surface area (Å²) in [5.41, 5.74) is 5.21. The van der Waals surface area contributed by atoms with Crippen molar-refractivity contribution in [3.05, 3.63) is 83.3 Å². The Morgan fingerprint density at radius 2 is 2.00 bits per heavy atom. The van der Waals surface area contributed by atoms with Crippen LogP contribution in [0.4, 0.5) is 0 Å². The molecule has 5 rings (SSSR count). The lowest BCUT2D eigenvalue weighted by atomic mass is 10.1. The van der Waals surface area contributed by atoms with Gasteiger partial charge in [-0.3, -0.25) is 14.7 Å². The highest BCUT2D eigenvalue weighted by Crippen LogP contribution is 2.30. The average Bonchev–Trinajstić information content (AvgIpc) is 3.16. The summed E-state index contributed by atoms with van der Waals surface area (Å²) in [5.74, 6) is 0.571. The average molecular weight is 415 g/mol. The molecule has 0 radical (unpaired) electrons. The molecule has 0 unspecified atom stereocenters. The molecule has 31 heavy (non-hydrogen) atoms. The molecule has 5 heterocycles. The van der Waals surface area contributed by atoms with Gasteiger partial charge in [0, 0.05) is 60.3 Å². The van der Waals surface area contributed by atoms with E-state index in [9.17, 15) is 4.79 Å². The molecule has 0 aliphatic carbocycles. The van der Waals surface area contributed by atoms with Crippen LogP contribution in [0.15, 0.2) is 70.6 Å². The summed E-state index contributed by atoms with van der Waals surface area (Å²) >= 11 is 0. The maximum absolute atomic E-state index is 13.2. The summed E-state index contributed by atoms with van der Waals surface area (Å²) < 4.78 is 6.08. The van der Waals surface area contributed by atoms with Crippen LogP contribution in [0.3, 0.4) is 0 Å². The maximum Gasteiger partial charge on any atom is 0.255 e. The predicted molar refractivity (Wildman–Crippen MR) is 122 cm³/mol. The Balaban J connectivity index is 1.49. The number of pyridine rings is 1. The van der Waals surface area contributed by atoms with Gasteiger partial charge in [0.25, 0.3) is 5.91 Å². The number of hydrogen-bond acceptors (Lipinski definition) is 5. The Labute approximate surface area is 181 Å². The molecular weight excluding hydrogens is 388 g/mol. The van der Waals surface area contributed by atoms with Gasteiger partial charge in [-0.05, 0) is 51.1 Å². The number of amides is 1. The molecule has 6 heteroatoms. The number of rotatable bonds is 2. The highest BCUT2D eigenvalue weighted by molar-refractivity contribution is 6.00. The first-order valence-corrected chi connectivity index (χ1v) is 10.7. The van der Waals surface area contributed by atoms with Gasteiger partial charge < -0.3 is 14.6 Å². The summed E-state index contributed by atoms with van der Waals surface area (Å²) in [6, 6.07) is 4.40. The minimum atomic E-state index is -0.0953. The fourth-order valence-electron chi connectivity index (χ4n) is 4.35. The van der Waals surface area contributed by atoms with Crippen molar-refractivity contribution >= 4 is 22.4 Å². The number of nitrogens with zero attached hydrogens (tertiary/aromatic N) is 3. The Hall–Kier alpha value is -3.38. The zero-order valence-corrected chi connectivity index (χ0v) is 18.1. The van der Waals surface area contributed by atoms with Crippen molar-refractivity contribution in [3.8, 4) is 0 Å². The molecule has 2 aromatic heterocycles. The number of nitrogens with one attached hydrogen (secondary N) is 1. The van der Waals surface area contributed by atoms with Crippen molar-refractivity contribution in [1.82, 2.24) is 20.1 Å². The van der Waals surface area contributed by atoms with Crippen LogP contribution in [0.2, 0.25) is 0 Å². The molecule has 158 valence electrons. The molecule has 1 amide bonds. The number of fused-ring (bicyclic) bond motifs is 2. The zero-order chi connectivity index (χ0) is 21.5. The van der Waals surface area contributed by atoms with Crippen LogP contribution >= 0.6 is 0 Å². The first kappa shape index (κ1) is 19.6. The number of allylic oxidation sites excluding steroid dienone is 6. The van der Waals surface area contributed by atoms with Crippen LogP contribution < -0.4 is 5.32 Å². The van der Waals surface area contributed by atoms with Crippen LogP contribution in [0, 0.1) is 13.8 Å². The van der Waals surface area contributed by atoms with Crippen LogP contribution in [-0.2, 0) is 4.79 Å². The van der Waals surface area contributed by atoms with E-state index < -0.39 is 0 Å². The molecule has 0 bridgehead atoms. The molecule has 1 atom stereocenters. The number of hydrogen-bond donors (Lipinski definition) is 1. The van der Waals surface area contributed by atoms with Crippen LogP contribution in [0.1, 0.15) is 24.1 Å². The van der Waals surface area contributed by atoms with Crippen LogP contribution in [0.5, 0.6) is 0 Å². The first-order valence-electron chi connectivity index (χ1n) is 10.7. The molecule has 3 aliphatic rings. The number of carbonyl (C=O) groups excluding carboxylic acids is 1. The van der Waals surface area contributed by atoms with Crippen molar-refractivity contribution < 1.29 is 9.21 Å². The largest absolute Gasteiger partial charge is 0.454 e. The molecule has 0 saturated carbocycles. The zero-order valence-electron chi connectivity index (χ0n) is 18.1. The SMILES string of the molecule is Cc1cc2cc(C3=CC(=O)N4C=C(N5CCN[C@@H](C)C5)C=C/C4=C\C=C3)oc2c(C)n1. The summed E-state index contributed by atoms with van der Waals surface area (Å²) in [4.78, 5) is 21.7. The highest BCUT2D eigenvalue weighted by atomic mass is 16.3. The van der Waals surface area contributed by atoms with E-state index >= 15 is 0 Å². The third-order valence-corrected chi connectivity index (χ3v) is 5.84. The number of furan rings is 1. The Morgan fingerprint density at radius 1 is 1.16 bits per heavy atom. The second-order valence-electron chi connectivity index (χ2n) is 8.33. The van der Waals surface area contributed by atoms with Crippen LogP contribution in [-0.4, -0.2) is 46.4 Å². The fourth-order valence-corrected chi connectivity index (χ4v) is 4.35. The maximum atomic E-state index is 13.2. The van der Waals surface area contributed by atoms with Crippen molar-refractivity contribution in [2.24, 2.45) is 0 Å². The standard InChI is InChI=1S/C25H26N4O2/c1-16-11-20-12-23(31-25(20)18(3)27-16)19-5-4-6-21-7-8-22(15-29(21)24(30)13-19)28-10-9-26-17(2)14-28/h4-8,11-13,15,17,26H,9-10,14H2,1-3H3/b5-4?,19-13?,21-6+/t17-/m0/s1. The number of aryl methyl sites for hydroxylation is 2. The molecular formula is C25H26N4O2. The van der Waals surface area contributed by atoms with E-state index in [1.807, 2.05) is 56.5 Å². The lowest BCUT2D eigenvalue weighted by molar-refractivity contribution is -0.122. The van der Waals surface area contributed by atoms with Gasteiger partial charge >= 0.3 is 0 Å². The van der Waals surface area contributed by atoms with E-state index in [0.717, 1.165) is 59.0 Å². The third kappa shape index (κ3) is 3.75. The highest BCUT2D eigenvalue weighted by Gasteiger charge is 2.23. The lowest BCUT2D eigenvalue weighted by Gasteiger charge is -2.36. The topological polar surface area (TPSA) is 61.6 Å². The Morgan fingerprint density at radius 3 is 2.84 bits per heavy atom. The second kappa shape index (κ2) is 7.71. The molecule has 1 saturated heterocycles. The van der Waals surface area contributed by atoms with E-state index in [2.05, 4.69) is 28.2 Å². The summed E-state index contributed by atoms with van der Waals surface area (Å²) in [5, 5.41) is 4.45. The van der Waals surface area contributed by atoms with Gasteiger partial charge in [-0.25, -0.2) is 0 Å². The van der Waals surface area contributed by atoms with Gasteiger partial charge in [0.05, 0.1) is 11.4 Å². The predicted octanol–water partition coefficient (Wildman–Crippen LogP) is 3.82. The van der Waals surface area contributed by atoms with E-state index in [-0.39, 0.29) is 5.91 Å². The Kier molecular flexibility index (Phi) is 4.87. The second-order valence-corrected chi connectivity index (χ2v) is 8.33. The fraction of sp³-hybridized carbons (Fsp3) is 0.280. The molecule has 3 aliphatic heterocycles.